The Labute approximate surface area is 133 Å². The van der Waals surface area contributed by atoms with Crippen LogP contribution in [0.1, 0.15) is 22.4 Å². The summed E-state index contributed by atoms with van der Waals surface area (Å²) in [6.45, 7) is 1.73. The van der Waals surface area contributed by atoms with Gasteiger partial charge in [-0.15, -0.1) is 0 Å². The molecule has 0 atom stereocenters. The summed E-state index contributed by atoms with van der Waals surface area (Å²) in [4.78, 5) is 30.1. The van der Waals surface area contributed by atoms with Gasteiger partial charge in [0.05, 0.1) is 26.3 Å². The molecular formula is C16H19N3O4. The summed E-state index contributed by atoms with van der Waals surface area (Å²) in [6, 6.07) is 5.38. The fraction of sp³-hybridized carbons (Fsp3) is 0.312. The number of nitrogens with two attached hydrogens (primary N) is 1. The lowest BCUT2D eigenvalue weighted by atomic mass is 10.0. The molecule has 0 radical (unpaired) electrons. The van der Waals surface area contributed by atoms with E-state index in [2.05, 4.69) is 14.7 Å². The van der Waals surface area contributed by atoms with Crippen molar-refractivity contribution in [2.75, 3.05) is 20.0 Å². The number of methoxy groups -OCH3 is 2. The van der Waals surface area contributed by atoms with Gasteiger partial charge >= 0.3 is 5.97 Å². The molecule has 0 aliphatic heterocycles. The maximum atomic E-state index is 12.1. The Morgan fingerprint density at radius 1 is 1.35 bits per heavy atom. The minimum Gasteiger partial charge on any atom is -0.496 e. The van der Waals surface area contributed by atoms with Gasteiger partial charge in [0, 0.05) is 12.0 Å². The number of nitrogens with one attached hydrogen (secondary N) is 1. The lowest BCUT2D eigenvalue weighted by molar-refractivity contribution is -0.139. The fourth-order valence-electron chi connectivity index (χ4n) is 2.35. The van der Waals surface area contributed by atoms with Gasteiger partial charge in [-0.1, -0.05) is 12.1 Å². The van der Waals surface area contributed by atoms with E-state index < -0.39 is 0 Å². The van der Waals surface area contributed by atoms with Gasteiger partial charge in [-0.25, -0.2) is 4.98 Å². The Morgan fingerprint density at radius 3 is 2.70 bits per heavy atom. The molecule has 0 amide bonds. The van der Waals surface area contributed by atoms with Crippen LogP contribution < -0.4 is 16.0 Å². The molecule has 0 saturated heterocycles. The van der Waals surface area contributed by atoms with Crippen LogP contribution in [-0.2, 0) is 22.4 Å². The summed E-state index contributed by atoms with van der Waals surface area (Å²) in [5, 5.41) is 0. The number of carbonyl (C=O) groups excluding carboxylic acids is 1. The number of rotatable bonds is 5. The topological polar surface area (TPSA) is 107 Å². The molecule has 0 unspecified atom stereocenters. The van der Waals surface area contributed by atoms with E-state index in [1.807, 2.05) is 6.07 Å². The van der Waals surface area contributed by atoms with Crippen LogP contribution in [0, 0.1) is 6.92 Å². The lowest BCUT2D eigenvalue weighted by Gasteiger charge is -2.11. The van der Waals surface area contributed by atoms with Crippen molar-refractivity contribution in [3.63, 3.8) is 0 Å². The molecule has 0 aliphatic rings. The summed E-state index contributed by atoms with van der Waals surface area (Å²) < 4.78 is 10.0. The summed E-state index contributed by atoms with van der Waals surface area (Å²) in [5.74, 6) is 0.390. The predicted octanol–water partition coefficient (Wildman–Crippen LogP) is 0.975. The van der Waals surface area contributed by atoms with E-state index in [-0.39, 0.29) is 23.9 Å². The summed E-state index contributed by atoms with van der Waals surface area (Å²) in [5.41, 5.74) is 7.88. The molecule has 0 fully saturated rings. The minimum absolute atomic E-state index is 0.0858. The normalized spacial score (nSPS) is 10.4. The monoisotopic (exact) mass is 317 g/mol. The Hall–Kier alpha value is -2.83. The quantitative estimate of drug-likeness (QED) is 0.796. The minimum atomic E-state index is -0.329. The first-order valence-corrected chi connectivity index (χ1v) is 7.02. The van der Waals surface area contributed by atoms with E-state index in [1.54, 1.807) is 26.2 Å². The number of aromatic amines is 1. The van der Waals surface area contributed by atoms with E-state index >= 15 is 0 Å². The molecule has 7 heteroatoms. The number of aryl methyl sites for hydroxylation is 1. The summed E-state index contributed by atoms with van der Waals surface area (Å²) in [6.07, 6.45) is 0.482. The summed E-state index contributed by atoms with van der Waals surface area (Å²) in [7, 11) is 2.90. The third kappa shape index (κ3) is 3.88. The third-order valence-electron chi connectivity index (χ3n) is 3.53. The van der Waals surface area contributed by atoms with Crippen molar-refractivity contribution >= 4 is 11.9 Å². The number of esters is 1. The van der Waals surface area contributed by atoms with Crippen molar-refractivity contribution in [1.82, 2.24) is 9.97 Å². The number of nitrogen functional groups attached to an aromatic ring is 1. The highest BCUT2D eigenvalue weighted by atomic mass is 16.5. The van der Waals surface area contributed by atoms with Crippen LogP contribution >= 0.6 is 0 Å². The van der Waals surface area contributed by atoms with E-state index in [4.69, 9.17) is 10.5 Å². The highest BCUT2D eigenvalue weighted by Gasteiger charge is 2.13. The molecule has 23 heavy (non-hydrogen) atoms. The van der Waals surface area contributed by atoms with Gasteiger partial charge in [0.2, 0.25) is 5.95 Å². The highest BCUT2D eigenvalue weighted by molar-refractivity contribution is 5.72. The number of nitrogens with zero attached hydrogens (tertiary/aromatic N) is 1. The van der Waals surface area contributed by atoms with Crippen molar-refractivity contribution < 1.29 is 14.3 Å². The second-order valence-corrected chi connectivity index (χ2v) is 5.09. The van der Waals surface area contributed by atoms with E-state index in [1.165, 1.54) is 7.11 Å². The van der Waals surface area contributed by atoms with Crippen molar-refractivity contribution in [3.05, 3.63) is 50.9 Å². The lowest BCUT2D eigenvalue weighted by Crippen LogP contribution is -2.19. The molecule has 2 aromatic rings. The molecule has 0 saturated carbocycles. The number of aromatic nitrogens is 2. The highest BCUT2D eigenvalue weighted by Crippen LogP contribution is 2.23. The number of benzene rings is 1. The number of hydrogen-bond acceptors (Lipinski definition) is 6. The van der Waals surface area contributed by atoms with Gasteiger partial charge in [0.15, 0.2) is 0 Å². The molecule has 1 heterocycles. The molecule has 1 aromatic heterocycles. The average Bonchev–Trinajstić information content (AvgIpc) is 2.51. The molecule has 0 aliphatic carbocycles. The van der Waals surface area contributed by atoms with Gasteiger partial charge in [0.25, 0.3) is 5.56 Å². The van der Waals surface area contributed by atoms with E-state index in [0.717, 1.165) is 11.1 Å². The van der Waals surface area contributed by atoms with Crippen molar-refractivity contribution in [1.29, 1.82) is 0 Å². The zero-order chi connectivity index (χ0) is 17.0. The van der Waals surface area contributed by atoms with Gasteiger partial charge < -0.3 is 15.2 Å². The largest absolute Gasteiger partial charge is 0.496 e. The molecular weight excluding hydrogens is 298 g/mol. The van der Waals surface area contributed by atoms with E-state index in [0.29, 0.717) is 23.4 Å². The SMILES string of the molecule is COC(=O)Cc1ccc(OC)c(Cc2c(C)nc(N)[nH]c2=O)c1. The zero-order valence-corrected chi connectivity index (χ0v) is 13.3. The molecule has 122 valence electrons. The van der Waals surface area contributed by atoms with Crippen LogP contribution in [-0.4, -0.2) is 30.2 Å². The average molecular weight is 317 g/mol. The Morgan fingerprint density at radius 2 is 2.09 bits per heavy atom. The van der Waals surface area contributed by atoms with Crippen LogP contribution in [0.15, 0.2) is 23.0 Å². The first-order valence-electron chi connectivity index (χ1n) is 7.02. The van der Waals surface area contributed by atoms with Gasteiger partial charge in [-0.2, -0.15) is 0 Å². The molecule has 1 aromatic carbocycles. The fourth-order valence-corrected chi connectivity index (χ4v) is 2.35. The predicted molar refractivity (Wildman–Crippen MR) is 85.5 cm³/mol. The molecule has 0 spiro atoms. The van der Waals surface area contributed by atoms with Crippen molar-refractivity contribution in [2.45, 2.75) is 19.8 Å². The number of anilines is 1. The van der Waals surface area contributed by atoms with Gasteiger partial charge in [-0.05, 0) is 24.1 Å². The first-order chi connectivity index (χ1) is 10.9. The smallest absolute Gasteiger partial charge is 0.309 e. The second-order valence-electron chi connectivity index (χ2n) is 5.09. The Bertz CT molecular complexity index is 783. The second kappa shape index (κ2) is 6.95. The first kappa shape index (κ1) is 16.5. The molecule has 0 bridgehead atoms. The van der Waals surface area contributed by atoms with Crippen LogP contribution in [0.5, 0.6) is 5.75 Å². The maximum Gasteiger partial charge on any atom is 0.309 e. The number of H-pyrrole nitrogens is 1. The number of carbonyl (C=O) groups is 1. The van der Waals surface area contributed by atoms with Gasteiger partial charge in [-0.3, -0.25) is 14.6 Å². The Balaban J connectivity index is 2.40. The number of hydrogen-bond donors (Lipinski definition) is 2. The van der Waals surface area contributed by atoms with Crippen molar-refractivity contribution in [2.24, 2.45) is 0 Å². The third-order valence-corrected chi connectivity index (χ3v) is 3.53. The molecule has 3 N–H and O–H groups in total. The van der Waals surface area contributed by atoms with Gasteiger partial charge in [0.1, 0.15) is 5.75 Å². The molecule has 7 nitrogen and oxygen atoms in total. The number of ether oxygens (including phenoxy) is 2. The standard InChI is InChI=1S/C16H19N3O4/c1-9-12(15(21)19-16(17)18-9)8-11-6-10(7-14(20)23-3)4-5-13(11)22-2/h4-6H,7-8H2,1-3H3,(H3,17,18,19,21). The van der Waals surface area contributed by atoms with Crippen LogP contribution in [0.4, 0.5) is 5.95 Å². The Kier molecular flexibility index (Phi) is 5.00. The van der Waals surface area contributed by atoms with Crippen molar-refractivity contribution in [3.8, 4) is 5.75 Å². The maximum absolute atomic E-state index is 12.1. The van der Waals surface area contributed by atoms with Crippen LogP contribution in [0.3, 0.4) is 0 Å². The van der Waals surface area contributed by atoms with E-state index in [9.17, 15) is 9.59 Å². The zero-order valence-electron chi connectivity index (χ0n) is 13.3. The van der Waals surface area contributed by atoms with Crippen LogP contribution in [0.2, 0.25) is 0 Å². The van der Waals surface area contributed by atoms with Crippen LogP contribution in [0.25, 0.3) is 0 Å². The molecule has 2 rings (SSSR count). The summed E-state index contributed by atoms with van der Waals surface area (Å²) >= 11 is 0.